The van der Waals surface area contributed by atoms with Crippen LogP contribution in [-0.4, -0.2) is 47.1 Å². The standard InChI is InChI=1S/C19H21ClN3O3/c1-4-13-10-21-17-15(16(13)26-5-2)18(24)23(19(25)22(17)3)11-12-7-6-8-14(20)9-12/h6-10,15H,4-5,11H2,1-3H3/q+1. The third-order valence-electron chi connectivity index (χ3n) is 4.47. The second kappa shape index (κ2) is 7.41. The SMILES string of the molecule is CCOC1=C(CC)C=NC2=[N+](C)C(=O)N(Cc3cccc(Cl)c3)C(=O)C12. The molecule has 0 radical (unpaired) electrons. The minimum atomic E-state index is -0.697. The number of halogens is 1. The van der Waals surface area contributed by atoms with Gasteiger partial charge in [0, 0.05) is 10.6 Å². The summed E-state index contributed by atoms with van der Waals surface area (Å²) in [4.78, 5) is 31.5. The number of nitrogens with zero attached hydrogens (tertiary/aromatic N) is 3. The van der Waals surface area contributed by atoms with Crippen LogP contribution in [0.1, 0.15) is 25.8 Å². The van der Waals surface area contributed by atoms with Gasteiger partial charge in [-0.3, -0.25) is 4.79 Å². The van der Waals surface area contributed by atoms with Gasteiger partial charge in [0.25, 0.3) is 5.84 Å². The Kier molecular flexibility index (Phi) is 5.23. The molecule has 136 valence electrons. The number of rotatable bonds is 5. The largest absolute Gasteiger partial charge is 0.496 e. The molecule has 1 aromatic carbocycles. The van der Waals surface area contributed by atoms with E-state index in [1.165, 1.54) is 9.48 Å². The summed E-state index contributed by atoms with van der Waals surface area (Å²) in [5.41, 5.74) is 1.66. The van der Waals surface area contributed by atoms with E-state index in [-0.39, 0.29) is 12.5 Å². The first-order valence-electron chi connectivity index (χ1n) is 8.58. The number of aliphatic imine (C=N–C) groups is 1. The highest BCUT2D eigenvalue weighted by Gasteiger charge is 2.50. The van der Waals surface area contributed by atoms with E-state index in [1.807, 2.05) is 19.9 Å². The van der Waals surface area contributed by atoms with Crippen molar-refractivity contribution in [3.8, 4) is 0 Å². The van der Waals surface area contributed by atoms with E-state index in [1.54, 1.807) is 31.5 Å². The molecular formula is C19H21ClN3O3+. The van der Waals surface area contributed by atoms with Crippen LogP contribution in [0.4, 0.5) is 4.79 Å². The minimum absolute atomic E-state index is 0.150. The summed E-state index contributed by atoms with van der Waals surface area (Å²) in [6, 6.07) is 6.72. The van der Waals surface area contributed by atoms with Gasteiger partial charge < -0.3 is 4.74 Å². The quantitative estimate of drug-likeness (QED) is 0.743. The van der Waals surface area contributed by atoms with Crippen LogP contribution in [0.2, 0.25) is 5.02 Å². The lowest BCUT2D eigenvalue weighted by Crippen LogP contribution is -2.54. The van der Waals surface area contributed by atoms with Gasteiger partial charge >= 0.3 is 11.9 Å². The van der Waals surface area contributed by atoms with Gasteiger partial charge in [-0.15, -0.1) is 4.99 Å². The lowest BCUT2D eigenvalue weighted by atomic mass is 9.94. The predicted octanol–water partition coefficient (Wildman–Crippen LogP) is 3.24. The smallest absolute Gasteiger partial charge is 0.445 e. The van der Waals surface area contributed by atoms with Crippen molar-refractivity contribution >= 4 is 35.6 Å². The molecule has 1 atom stereocenters. The number of benzene rings is 1. The molecule has 0 fully saturated rings. The molecule has 6 nitrogen and oxygen atoms in total. The number of hydrogen-bond donors (Lipinski definition) is 0. The Morgan fingerprint density at radius 2 is 2.08 bits per heavy atom. The van der Waals surface area contributed by atoms with Crippen LogP contribution in [0.3, 0.4) is 0 Å². The fourth-order valence-corrected chi connectivity index (χ4v) is 3.39. The van der Waals surface area contributed by atoms with Crippen LogP contribution in [0.25, 0.3) is 0 Å². The van der Waals surface area contributed by atoms with Gasteiger partial charge in [0.05, 0.1) is 13.7 Å². The van der Waals surface area contributed by atoms with Gasteiger partial charge in [0.1, 0.15) is 18.5 Å². The van der Waals surface area contributed by atoms with E-state index in [0.717, 1.165) is 11.1 Å². The number of amides is 3. The highest BCUT2D eigenvalue weighted by Crippen LogP contribution is 2.30. The number of amidine groups is 1. The number of fused-ring (bicyclic) bond motifs is 1. The molecular weight excluding hydrogens is 354 g/mol. The first-order chi connectivity index (χ1) is 12.5. The van der Waals surface area contributed by atoms with E-state index in [2.05, 4.69) is 4.99 Å². The van der Waals surface area contributed by atoms with Crippen LogP contribution >= 0.6 is 11.6 Å². The molecule has 3 amide bonds. The lowest BCUT2D eigenvalue weighted by Gasteiger charge is -2.29. The van der Waals surface area contributed by atoms with Crippen molar-refractivity contribution in [1.82, 2.24) is 4.90 Å². The van der Waals surface area contributed by atoms with Crippen LogP contribution < -0.4 is 0 Å². The summed E-state index contributed by atoms with van der Waals surface area (Å²) in [5.74, 6) is -0.0328. The summed E-state index contributed by atoms with van der Waals surface area (Å²) in [7, 11) is 1.62. The van der Waals surface area contributed by atoms with Crippen molar-refractivity contribution in [2.75, 3.05) is 13.7 Å². The molecule has 2 aliphatic rings. The minimum Gasteiger partial charge on any atom is -0.496 e. The first-order valence-corrected chi connectivity index (χ1v) is 8.96. The number of hydrogen-bond acceptors (Lipinski definition) is 4. The molecule has 0 spiro atoms. The summed E-state index contributed by atoms with van der Waals surface area (Å²) >= 11 is 6.03. The van der Waals surface area contributed by atoms with Crippen molar-refractivity contribution in [3.05, 3.63) is 46.2 Å². The molecule has 0 aliphatic carbocycles. The van der Waals surface area contributed by atoms with E-state index in [4.69, 9.17) is 16.3 Å². The summed E-state index contributed by atoms with van der Waals surface area (Å²) in [6.07, 6.45) is 2.38. The molecule has 2 aliphatic heterocycles. The molecule has 7 heteroatoms. The third-order valence-corrected chi connectivity index (χ3v) is 4.71. The fourth-order valence-electron chi connectivity index (χ4n) is 3.18. The molecule has 0 saturated heterocycles. The molecule has 0 N–H and O–H groups in total. The van der Waals surface area contributed by atoms with Gasteiger partial charge in [-0.05, 0) is 31.0 Å². The van der Waals surface area contributed by atoms with Gasteiger partial charge in [-0.1, -0.05) is 30.7 Å². The Hall–Kier alpha value is -2.47. The Morgan fingerprint density at radius 1 is 1.31 bits per heavy atom. The normalized spacial score (nSPS) is 20.0. The van der Waals surface area contributed by atoms with E-state index < -0.39 is 11.9 Å². The molecule has 2 heterocycles. The molecule has 26 heavy (non-hydrogen) atoms. The fraction of sp³-hybridized carbons (Fsp3) is 0.368. The molecule has 0 bridgehead atoms. The van der Waals surface area contributed by atoms with Crippen molar-refractivity contribution in [1.29, 1.82) is 0 Å². The molecule has 1 aromatic rings. The Balaban J connectivity index is 2.03. The second-order valence-electron chi connectivity index (χ2n) is 6.12. The summed E-state index contributed by atoms with van der Waals surface area (Å²) in [5, 5.41) is 0.561. The Labute approximate surface area is 157 Å². The summed E-state index contributed by atoms with van der Waals surface area (Å²) < 4.78 is 7.20. The highest BCUT2D eigenvalue weighted by atomic mass is 35.5. The number of imide groups is 1. The van der Waals surface area contributed by atoms with Gasteiger partial charge in [-0.2, -0.15) is 9.48 Å². The maximum Gasteiger partial charge on any atom is 0.445 e. The third kappa shape index (κ3) is 3.17. The average molecular weight is 375 g/mol. The molecule has 1 unspecified atom stereocenters. The maximum absolute atomic E-state index is 13.2. The second-order valence-corrected chi connectivity index (χ2v) is 6.56. The van der Waals surface area contributed by atoms with Crippen LogP contribution in [0.5, 0.6) is 0 Å². The highest BCUT2D eigenvalue weighted by molar-refractivity contribution is 6.30. The van der Waals surface area contributed by atoms with Crippen molar-refractivity contribution in [3.63, 3.8) is 0 Å². The number of carbonyl (C=O) groups excluding carboxylic acids is 2. The summed E-state index contributed by atoms with van der Waals surface area (Å²) in [6.45, 7) is 4.45. The monoisotopic (exact) mass is 374 g/mol. The van der Waals surface area contributed by atoms with Crippen molar-refractivity contribution in [2.45, 2.75) is 26.8 Å². The number of carbonyl (C=O) groups is 2. The van der Waals surface area contributed by atoms with Crippen LogP contribution in [0, 0.1) is 5.92 Å². The number of ether oxygens (including phenoxy) is 1. The zero-order valence-corrected chi connectivity index (χ0v) is 15.8. The van der Waals surface area contributed by atoms with Gasteiger partial charge in [0.2, 0.25) is 0 Å². The number of allylic oxidation sites excluding steroid dienone is 1. The molecule has 0 aromatic heterocycles. The van der Waals surface area contributed by atoms with Gasteiger partial charge in [-0.25, -0.2) is 4.79 Å². The predicted molar refractivity (Wildman–Crippen MR) is 99.5 cm³/mol. The topological polar surface area (TPSA) is 62.0 Å². The van der Waals surface area contributed by atoms with Crippen LogP contribution in [-0.2, 0) is 16.1 Å². The zero-order valence-electron chi connectivity index (χ0n) is 15.0. The maximum atomic E-state index is 13.2. The van der Waals surface area contributed by atoms with Crippen molar-refractivity contribution in [2.24, 2.45) is 10.9 Å². The average Bonchev–Trinajstić information content (AvgIpc) is 2.63. The first kappa shape index (κ1) is 18.3. The van der Waals surface area contributed by atoms with E-state index in [9.17, 15) is 9.59 Å². The van der Waals surface area contributed by atoms with Crippen LogP contribution in [0.15, 0.2) is 40.6 Å². The number of urea groups is 1. The molecule has 3 rings (SSSR count). The molecule has 0 saturated carbocycles. The zero-order chi connectivity index (χ0) is 18.8. The lowest BCUT2D eigenvalue weighted by molar-refractivity contribution is -0.409. The number of dihydropyridines is 1. The Bertz CT molecular complexity index is 857. The van der Waals surface area contributed by atoms with E-state index in [0.29, 0.717) is 29.6 Å². The van der Waals surface area contributed by atoms with Crippen molar-refractivity contribution < 1.29 is 18.9 Å². The van der Waals surface area contributed by atoms with Gasteiger partial charge in [0.15, 0.2) is 5.92 Å². The van der Waals surface area contributed by atoms with E-state index >= 15 is 0 Å². The Morgan fingerprint density at radius 3 is 2.73 bits per heavy atom.